The van der Waals surface area contributed by atoms with Crippen LogP contribution in [0.3, 0.4) is 0 Å². The van der Waals surface area contributed by atoms with Gasteiger partial charge in [-0.1, -0.05) is 0 Å². The third kappa shape index (κ3) is 6.49. The van der Waals surface area contributed by atoms with Gasteiger partial charge < -0.3 is 15.2 Å². The maximum absolute atomic E-state index is 12.4. The van der Waals surface area contributed by atoms with Gasteiger partial charge in [0.1, 0.15) is 16.9 Å². The van der Waals surface area contributed by atoms with Gasteiger partial charge in [-0.15, -0.1) is 0 Å². The molecule has 0 unspecified atom stereocenters. The predicted molar refractivity (Wildman–Crippen MR) is 106 cm³/mol. The first kappa shape index (κ1) is 22.2. The van der Waals surface area contributed by atoms with E-state index in [0.717, 1.165) is 11.2 Å². The number of ether oxygens (including phenoxy) is 1. The average Bonchev–Trinajstić information content (AvgIpc) is 2.53. The number of aliphatic hydroxyl groups is 1. The number of amides is 2. The van der Waals surface area contributed by atoms with Crippen molar-refractivity contribution < 1.29 is 32.6 Å². The average molecular weight is 425 g/mol. The number of ketones is 1. The number of Topliss-reactive ketones (excluding diaryl/α,β-unsaturated/α-hetero) is 1. The van der Waals surface area contributed by atoms with Crippen molar-refractivity contribution in [1.29, 1.82) is 0 Å². The topological polar surface area (TPSA) is 142 Å². The molecule has 1 aromatic carbocycles. The molecule has 11 heteroatoms. The quantitative estimate of drug-likeness (QED) is 0.622. The molecule has 0 saturated heterocycles. The van der Waals surface area contributed by atoms with Crippen LogP contribution in [0.5, 0.6) is 0 Å². The van der Waals surface area contributed by atoms with Crippen molar-refractivity contribution in [1.82, 2.24) is 4.90 Å². The van der Waals surface area contributed by atoms with Crippen LogP contribution in [0.1, 0.15) is 20.8 Å². The van der Waals surface area contributed by atoms with Gasteiger partial charge in [-0.25, -0.2) is 13.2 Å². The minimum atomic E-state index is -3.43. The first-order valence-electron chi connectivity index (χ1n) is 8.57. The molecule has 0 aliphatic carbocycles. The summed E-state index contributed by atoms with van der Waals surface area (Å²) in [5.74, 6) is -2.10. The Morgan fingerprint density at radius 3 is 2.14 bits per heavy atom. The molecule has 2 amide bonds. The molecule has 29 heavy (non-hydrogen) atoms. The highest BCUT2D eigenvalue weighted by molar-refractivity contribution is 7.92. The van der Waals surface area contributed by atoms with Crippen LogP contribution in [-0.4, -0.2) is 61.2 Å². The van der Waals surface area contributed by atoms with E-state index in [0.29, 0.717) is 5.69 Å². The van der Waals surface area contributed by atoms with Crippen molar-refractivity contribution in [3.8, 4) is 0 Å². The number of carbonyl (C=O) groups is 3. The van der Waals surface area contributed by atoms with Crippen molar-refractivity contribution in [3.05, 3.63) is 35.6 Å². The molecule has 3 N–H and O–H groups in total. The zero-order valence-electron chi connectivity index (χ0n) is 16.5. The van der Waals surface area contributed by atoms with E-state index in [9.17, 15) is 27.9 Å². The minimum Gasteiger partial charge on any atom is -0.509 e. The first-order chi connectivity index (χ1) is 13.2. The van der Waals surface area contributed by atoms with Gasteiger partial charge in [-0.2, -0.15) is 0 Å². The van der Waals surface area contributed by atoms with E-state index in [2.05, 4.69) is 10.0 Å². The van der Waals surface area contributed by atoms with Crippen LogP contribution >= 0.6 is 0 Å². The number of carbonyl (C=O) groups excluding carboxylic acids is 3. The third-order valence-electron chi connectivity index (χ3n) is 3.57. The lowest BCUT2D eigenvalue weighted by atomic mass is 10.0. The predicted octanol–water partition coefficient (Wildman–Crippen LogP) is 1.63. The van der Waals surface area contributed by atoms with Crippen LogP contribution < -0.4 is 10.0 Å². The number of sulfonamides is 1. The lowest BCUT2D eigenvalue weighted by Gasteiger charge is -2.29. The normalized spacial score (nSPS) is 15.2. The maximum Gasteiger partial charge on any atom is 0.411 e. The maximum atomic E-state index is 12.4. The summed E-state index contributed by atoms with van der Waals surface area (Å²) in [5.41, 5.74) is -0.621. The molecular formula is C18H23N3O7S. The van der Waals surface area contributed by atoms with Gasteiger partial charge in [0.05, 0.1) is 19.3 Å². The van der Waals surface area contributed by atoms with Crippen molar-refractivity contribution in [2.24, 2.45) is 0 Å². The molecule has 0 fully saturated rings. The van der Waals surface area contributed by atoms with Crippen LogP contribution in [0.15, 0.2) is 35.6 Å². The summed E-state index contributed by atoms with van der Waals surface area (Å²) in [6.07, 6.45) is 0.235. The van der Waals surface area contributed by atoms with E-state index in [1.807, 2.05) is 0 Å². The summed E-state index contributed by atoms with van der Waals surface area (Å²) in [7, 11) is -3.43. The lowest BCUT2D eigenvalue weighted by Crippen LogP contribution is -2.46. The molecule has 0 saturated carbocycles. The highest BCUT2D eigenvalue weighted by Crippen LogP contribution is 2.20. The van der Waals surface area contributed by atoms with Crippen LogP contribution in [0.4, 0.5) is 16.2 Å². The Balaban J connectivity index is 2.09. The Morgan fingerprint density at radius 1 is 1.10 bits per heavy atom. The summed E-state index contributed by atoms with van der Waals surface area (Å²) in [6.45, 7) is 4.27. The van der Waals surface area contributed by atoms with Crippen LogP contribution in [0.25, 0.3) is 0 Å². The molecule has 10 nitrogen and oxygen atoms in total. The Bertz CT molecular complexity index is 960. The summed E-state index contributed by atoms with van der Waals surface area (Å²) < 4.78 is 29.8. The molecule has 1 heterocycles. The van der Waals surface area contributed by atoms with E-state index < -0.39 is 51.3 Å². The second-order valence-electron chi connectivity index (χ2n) is 7.49. The second-order valence-corrected chi connectivity index (χ2v) is 9.24. The number of aliphatic hydroxyl groups excluding tert-OH is 1. The van der Waals surface area contributed by atoms with Crippen molar-refractivity contribution >= 4 is 39.2 Å². The number of nitrogens with one attached hydrogen (secondary N) is 2. The molecule has 158 valence electrons. The van der Waals surface area contributed by atoms with E-state index in [4.69, 9.17) is 4.74 Å². The molecule has 1 aromatic rings. The van der Waals surface area contributed by atoms with Gasteiger partial charge in [-0.3, -0.25) is 19.2 Å². The fourth-order valence-corrected chi connectivity index (χ4v) is 3.04. The zero-order chi connectivity index (χ0) is 22.0. The standard InChI is InChI=1S/C18H23N3O7S/c1-18(2,3)28-17(25)21-9-13(22)15(14(23)10-21)16(24)19-11-5-7-12(8-6-11)20-29(4,26)27/h5-8,20,22H,9-10H2,1-4H3,(H,19,24). The van der Waals surface area contributed by atoms with Gasteiger partial charge in [0, 0.05) is 11.4 Å². The number of anilines is 2. The summed E-state index contributed by atoms with van der Waals surface area (Å²) in [6, 6.07) is 5.72. The van der Waals surface area contributed by atoms with Crippen LogP contribution in [0.2, 0.25) is 0 Å². The number of nitrogens with zero attached hydrogens (tertiary/aromatic N) is 1. The second kappa shape index (κ2) is 8.11. The smallest absolute Gasteiger partial charge is 0.411 e. The molecule has 1 aliphatic heterocycles. The van der Waals surface area contributed by atoms with Crippen LogP contribution in [0, 0.1) is 0 Å². The Labute approximate surface area is 168 Å². The highest BCUT2D eigenvalue weighted by Gasteiger charge is 2.34. The SMILES string of the molecule is CC(C)(C)OC(=O)N1CC(=O)C(C(=O)Nc2ccc(NS(C)(=O)=O)cc2)=C(O)C1. The Kier molecular flexibility index (Phi) is 6.21. The zero-order valence-corrected chi connectivity index (χ0v) is 17.3. The molecule has 0 spiro atoms. The molecule has 0 aromatic heterocycles. The van der Waals surface area contributed by atoms with Crippen molar-refractivity contribution in [2.75, 3.05) is 29.4 Å². The molecule has 0 radical (unpaired) electrons. The third-order valence-corrected chi connectivity index (χ3v) is 4.17. The van der Waals surface area contributed by atoms with Gasteiger partial charge in [0.25, 0.3) is 5.91 Å². The number of benzene rings is 1. The van der Waals surface area contributed by atoms with E-state index >= 15 is 0 Å². The van der Waals surface area contributed by atoms with Gasteiger partial charge >= 0.3 is 6.09 Å². The minimum absolute atomic E-state index is 0.289. The molecule has 0 bridgehead atoms. The Morgan fingerprint density at radius 2 is 1.66 bits per heavy atom. The largest absolute Gasteiger partial charge is 0.509 e. The number of rotatable bonds is 4. The van der Waals surface area contributed by atoms with Gasteiger partial charge in [0.2, 0.25) is 10.0 Å². The highest BCUT2D eigenvalue weighted by atomic mass is 32.2. The first-order valence-corrected chi connectivity index (χ1v) is 10.5. The van der Waals surface area contributed by atoms with E-state index in [1.165, 1.54) is 24.3 Å². The van der Waals surface area contributed by atoms with E-state index in [-0.39, 0.29) is 12.2 Å². The molecular weight excluding hydrogens is 402 g/mol. The fraction of sp³-hybridized carbons (Fsp3) is 0.389. The van der Waals surface area contributed by atoms with Crippen LogP contribution in [-0.2, 0) is 24.3 Å². The number of hydrogen-bond acceptors (Lipinski definition) is 7. The molecule has 1 aliphatic rings. The number of hydrogen-bond donors (Lipinski definition) is 3. The monoisotopic (exact) mass is 425 g/mol. The summed E-state index contributed by atoms with van der Waals surface area (Å²) in [5, 5.41) is 12.6. The van der Waals surface area contributed by atoms with Crippen molar-refractivity contribution in [3.63, 3.8) is 0 Å². The summed E-state index contributed by atoms with van der Waals surface area (Å²) in [4.78, 5) is 37.8. The Hall–Kier alpha value is -3.08. The molecule has 0 atom stereocenters. The van der Waals surface area contributed by atoms with E-state index in [1.54, 1.807) is 20.8 Å². The summed E-state index contributed by atoms with van der Waals surface area (Å²) >= 11 is 0. The lowest BCUT2D eigenvalue weighted by molar-refractivity contribution is -0.122. The van der Waals surface area contributed by atoms with Gasteiger partial charge in [-0.05, 0) is 45.0 Å². The molecule has 2 rings (SSSR count). The van der Waals surface area contributed by atoms with Gasteiger partial charge in [0.15, 0.2) is 5.78 Å². The van der Waals surface area contributed by atoms with Crippen molar-refractivity contribution in [2.45, 2.75) is 26.4 Å². The fourth-order valence-electron chi connectivity index (χ4n) is 2.47.